The van der Waals surface area contributed by atoms with Gasteiger partial charge in [-0.25, -0.2) is 0 Å². The summed E-state index contributed by atoms with van der Waals surface area (Å²) in [4.78, 5) is 0. The van der Waals surface area contributed by atoms with Gasteiger partial charge in [0.2, 0.25) is 0 Å². The van der Waals surface area contributed by atoms with Crippen molar-refractivity contribution < 1.29 is 9.47 Å². The van der Waals surface area contributed by atoms with Gasteiger partial charge in [0, 0.05) is 12.3 Å². The standard InChI is InChI=1S/C21H23N3O2S/c1-4-11-24-20(14-26-19-10-5-7-16(2)12-19)22-23-21(24)27-15-17-8-6-9-18(13-17)25-3/h4-10,12-13H,1,11,14-15H2,2-3H3. The minimum absolute atomic E-state index is 0.365. The van der Waals surface area contributed by atoms with E-state index < -0.39 is 0 Å². The van der Waals surface area contributed by atoms with E-state index in [9.17, 15) is 0 Å². The Morgan fingerprint density at radius 2 is 1.93 bits per heavy atom. The summed E-state index contributed by atoms with van der Waals surface area (Å²) in [5.41, 5.74) is 2.33. The van der Waals surface area contributed by atoms with Crippen LogP contribution in [0.4, 0.5) is 0 Å². The van der Waals surface area contributed by atoms with E-state index in [0.717, 1.165) is 33.8 Å². The molecule has 0 aliphatic rings. The van der Waals surface area contributed by atoms with E-state index in [1.54, 1.807) is 18.9 Å². The maximum absolute atomic E-state index is 5.88. The molecule has 0 amide bonds. The van der Waals surface area contributed by atoms with Gasteiger partial charge in [-0.05, 0) is 42.3 Å². The van der Waals surface area contributed by atoms with Crippen molar-refractivity contribution >= 4 is 11.8 Å². The molecule has 2 aromatic carbocycles. The van der Waals surface area contributed by atoms with Gasteiger partial charge >= 0.3 is 0 Å². The zero-order valence-electron chi connectivity index (χ0n) is 15.6. The average Bonchev–Trinajstić information content (AvgIpc) is 3.07. The van der Waals surface area contributed by atoms with Gasteiger partial charge in [0.15, 0.2) is 11.0 Å². The lowest BCUT2D eigenvalue weighted by molar-refractivity contribution is 0.289. The van der Waals surface area contributed by atoms with E-state index in [0.29, 0.717) is 13.2 Å². The highest BCUT2D eigenvalue weighted by atomic mass is 32.2. The van der Waals surface area contributed by atoms with Crippen LogP contribution in [0.25, 0.3) is 0 Å². The Morgan fingerprint density at radius 3 is 2.70 bits per heavy atom. The third kappa shape index (κ3) is 5.14. The highest BCUT2D eigenvalue weighted by molar-refractivity contribution is 7.98. The molecule has 0 bridgehead atoms. The molecule has 0 saturated carbocycles. The fourth-order valence-electron chi connectivity index (χ4n) is 2.61. The predicted octanol–water partition coefficient (Wildman–Crippen LogP) is 4.65. The molecule has 0 aliphatic heterocycles. The van der Waals surface area contributed by atoms with E-state index in [4.69, 9.17) is 9.47 Å². The van der Waals surface area contributed by atoms with Crippen molar-refractivity contribution in [3.63, 3.8) is 0 Å². The molecule has 0 N–H and O–H groups in total. The second-order valence-electron chi connectivity index (χ2n) is 6.04. The quantitative estimate of drug-likeness (QED) is 0.399. The number of aromatic nitrogens is 3. The van der Waals surface area contributed by atoms with E-state index in [-0.39, 0.29) is 0 Å². The Kier molecular flexibility index (Phi) is 6.54. The first-order chi connectivity index (χ1) is 13.2. The molecular formula is C21H23N3O2S. The Balaban J connectivity index is 1.69. The first kappa shape index (κ1) is 19.0. The molecule has 3 aromatic rings. The van der Waals surface area contributed by atoms with Gasteiger partial charge in [-0.2, -0.15) is 0 Å². The molecule has 0 fully saturated rings. The molecule has 0 atom stereocenters. The Bertz CT molecular complexity index is 908. The summed E-state index contributed by atoms with van der Waals surface area (Å²) in [5.74, 6) is 3.25. The zero-order valence-corrected chi connectivity index (χ0v) is 16.4. The molecule has 3 rings (SSSR count). The lowest BCUT2D eigenvalue weighted by atomic mass is 10.2. The molecule has 0 radical (unpaired) electrons. The third-order valence-corrected chi connectivity index (χ3v) is 5.00. The smallest absolute Gasteiger partial charge is 0.191 e. The number of aryl methyl sites for hydroxylation is 1. The maximum Gasteiger partial charge on any atom is 0.191 e. The average molecular weight is 382 g/mol. The topological polar surface area (TPSA) is 49.2 Å². The van der Waals surface area contributed by atoms with E-state index in [1.165, 1.54) is 5.56 Å². The minimum Gasteiger partial charge on any atom is -0.497 e. The molecule has 1 aromatic heterocycles. The van der Waals surface area contributed by atoms with Crippen LogP contribution in [0.5, 0.6) is 11.5 Å². The predicted molar refractivity (Wildman–Crippen MR) is 108 cm³/mol. The molecule has 0 spiro atoms. The van der Waals surface area contributed by atoms with Crippen LogP contribution in [0.2, 0.25) is 0 Å². The van der Waals surface area contributed by atoms with Gasteiger partial charge in [0.1, 0.15) is 18.1 Å². The summed E-state index contributed by atoms with van der Waals surface area (Å²) >= 11 is 1.63. The van der Waals surface area contributed by atoms with E-state index >= 15 is 0 Å². The van der Waals surface area contributed by atoms with Gasteiger partial charge in [0.25, 0.3) is 0 Å². The highest BCUT2D eigenvalue weighted by Gasteiger charge is 2.13. The van der Waals surface area contributed by atoms with Crippen LogP contribution in [-0.2, 0) is 18.9 Å². The van der Waals surface area contributed by atoms with Crippen molar-refractivity contribution in [3.8, 4) is 11.5 Å². The van der Waals surface area contributed by atoms with Crippen LogP contribution in [0.3, 0.4) is 0 Å². The molecule has 140 valence electrons. The number of nitrogens with zero attached hydrogens (tertiary/aromatic N) is 3. The molecule has 0 unspecified atom stereocenters. The molecule has 6 heteroatoms. The zero-order chi connectivity index (χ0) is 19.1. The second-order valence-corrected chi connectivity index (χ2v) is 6.99. The highest BCUT2D eigenvalue weighted by Crippen LogP contribution is 2.24. The number of thioether (sulfide) groups is 1. The summed E-state index contributed by atoms with van der Waals surface area (Å²) in [6.45, 7) is 6.89. The lowest BCUT2D eigenvalue weighted by Crippen LogP contribution is -2.07. The first-order valence-electron chi connectivity index (χ1n) is 8.67. The van der Waals surface area contributed by atoms with Crippen molar-refractivity contribution in [1.82, 2.24) is 14.8 Å². The van der Waals surface area contributed by atoms with Crippen molar-refractivity contribution in [2.45, 2.75) is 31.0 Å². The summed E-state index contributed by atoms with van der Waals surface area (Å²) in [6, 6.07) is 16.0. The first-order valence-corrected chi connectivity index (χ1v) is 9.66. The number of benzene rings is 2. The number of hydrogen-bond acceptors (Lipinski definition) is 5. The van der Waals surface area contributed by atoms with Crippen LogP contribution in [0.1, 0.15) is 17.0 Å². The van der Waals surface area contributed by atoms with Crippen molar-refractivity contribution in [1.29, 1.82) is 0 Å². The summed E-state index contributed by atoms with van der Waals surface area (Å²) in [5, 5.41) is 9.50. The van der Waals surface area contributed by atoms with Crippen LogP contribution in [-0.4, -0.2) is 21.9 Å². The minimum atomic E-state index is 0.365. The van der Waals surface area contributed by atoms with Gasteiger partial charge in [0.05, 0.1) is 7.11 Å². The molecule has 0 aliphatic carbocycles. The Labute approximate surface area is 164 Å². The molecule has 27 heavy (non-hydrogen) atoms. The second kappa shape index (κ2) is 9.28. The number of methoxy groups -OCH3 is 1. The Morgan fingerprint density at radius 1 is 1.11 bits per heavy atom. The largest absolute Gasteiger partial charge is 0.497 e. The van der Waals surface area contributed by atoms with Crippen LogP contribution in [0.15, 0.2) is 66.3 Å². The van der Waals surface area contributed by atoms with E-state index in [1.807, 2.05) is 60.0 Å². The normalized spacial score (nSPS) is 10.6. The van der Waals surface area contributed by atoms with Crippen LogP contribution in [0, 0.1) is 6.92 Å². The maximum atomic E-state index is 5.88. The van der Waals surface area contributed by atoms with Crippen molar-refractivity contribution in [3.05, 3.63) is 78.1 Å². The van der Waals surface area contributed by atoms with Gasteiger partial charge in [-0.3, -0.25) is 4.57 Å². The van der Waals surface area contributed by atoms with Crippen LogP contribution >= 0.6 is 11.8 Å². The molecule has 0 saturated heterocycles. The number of ether oxygens (including phenoxy) is 2. The van der Waals surface area contributed by atoms with Crippen molar-refractivity contribution in [2.75, 3.05) is 7.11 Å². The van der Waals surface area contributed by atoms with Gasteiger partial charge in [-0.15, -0.1) is 16.8 Å². The SMILES string of the molecule is C=CCn1c(COc2cccc(C)c2)nnc1SCc1cccc(OC)c1. The monoisotopic (exact) mass is 381 g/mol. The molecule has 1 heterocycles. The fourth-order valence-corrected chi connectivity index (χ4v) is 3.52. The number of allylic oxidation sites excluding steroid dienone is 1. The van der Waals surface area contributed by atoms with Gasteiger partial charge < -0.3 is 9.47 Å². The summed E-state index contributed by atoms with van der Waals surface area (Å²) in [7, 11) is 1.67. The fraction of sp³-hybridized carbons (Fsp3) is 0.238. The van der Waals surface area contributed by atoms with E-state index in [2.05, 4.69) is 22.8 Å². The number of rotatable bonds is 9. The van der Waals surface area contributed by atoms with Crippen LogP contribution < -0.4 is 9.47 Å². The molecular weight excluding hydrogens is 358 g/mol. The van der Waals surface area contributed by atoms with Crippen molar-refractivity contribution in [2.24, 2.45) is 0 Å². The summed E-state index contributed by atoms with van der Waals surface area (Å²) in [6.07, 6.45) is 1.84. The number of hydrogen-bond donors (Lipinski definition) is 0. The lowest BCUT2D eigenvalue weighted by Gasteiger charge is -2.10. The molecule has 5 nitrogen and oxygen atoms in total. The van der Waals surface area contributed by atoms with Gasteiger partial charge in [-0.1, -0.05) is 42.1 Å². The Hall–Kier alpha value is -2.73. The summed E-state index contributed by atoms with van der Waals surface area (Å²) < 4.78 is 13.2. The third-order valence-electron chi connectivity index (χ3n) is 3.96.